The van der Waals surface area contributed by atoms with Gasteiger partial charge in [-0.15, -0.1) is 0 Å². The third-order valence-electron chi connectivity index (χ3n) is 2.73. The van der Waals surface area contributed by atoms with Crippen molar-refractivity contribution in [1.82, 2.24) is 0 Å². The Labute approximate surface area is 114 Å². The minimum absolute atomic E-state index is 0.563. The molecule has 18 heavy (non-hydrogen) atoms. The van der Waals surface area contributed by atoms with Gasteiger partial charge in [-0.25, -0.2) is 0 Å². The molecular weight excluding hydrogens is 247 g/mol. The third-order valence-corrected chi connectivity index (χ3v) is 3.76. The van der Waals surface area contributed by atoms with Gasteiger partial charge in [0.2, 0.25) is 0 Å². The molecule has 2 N–H and O–H groups in total. The molecule has 0 heterocycles. The number of hydrogen-bond acceptors (Lipinski definition) is 4. The lowest BCUT2D eigenvalue weighted by Crippen LogP contribution is -2.32. The molecule has 1 rings (SSSR count). The van der Waals surface area contributed by atoms with Crippen molar-refractivity contribution in [1.29, 1.82) is 0 Å². The van der Waals surface area contributed by atoms with Gasteiger partial charge < -0.3 is 14.8 Å². The Bertz CT molecular complexity index is 369. The fraction of sp³-hybridized carbons (Fsp3) is 0.538. The van der Waals surface area contributed by atoms with Crippen molar-refractivity contribution in [3.63, 3.8) is 0 Å². The van der Waals surface area contributed by atoms with Gasteiger partial charge in [0, 0.05) is 5.75 Å². The molecule has 1 aromatic rings. The van der Waals surface area contributed by atoms with Gasteiger partial charge in [-0.05, 0) is 41.3 Å². The Morgan fingerprint density at radius 1 is 1.33 bits per heavy atom. The summed E-state index contributed by atoms with van der Waals surface area (Å²) in [4.78, 5) is 0. The van der Waals surface area contributed by atoms with Crippen LogP contribution in [0.5, 0.6) is 5.75 Å². The van der Waals surface area contributed by atoms with E-state index >= 15 is 0 Å². The molecule has 0 atom stereocenters. The Balaban J connectivity index is 2.66. The van der Waals surface area contributed by atoms with E-state index in [4.69, 9.17) is 4.74 Å². The highest BCUT2D eigenvalue weighted by Gasteiger charge is 2.16. The predicted octanol–water partition coefficient (Wildman–Crippen LogP) is 1.65. The van der Waals surface area contributed by atoms with Gasteiger partial charge in [-0.3, -0.25) is 0 Å². The molecule has 5 heteroatoms. The molecule has 0 fully saturated rings. The second-order valence-corrected chi connectivity index (χ2v) is 5.78. The first-order valence-corrected chi connectivity index (χ1v) is 7.30. The molecule has 0 amide bonds. The lowest BCUT2D eigenvalue weighted by molar-refractivity contribution is 0.413. The summed E-state index contributed by atoms with van der Waals surface area (Å²) in [6.07, 6.45) is 1.17. The zero-order valence-corrected chi connectivity index (χ0v) is 12.0. The Kier molecular flexibility index (Phi) is 6.61. The number of ether oxygens (including phenoxy) is 1. The molecule has 0 spiro atoms. The molecule has 0 aromatic heterocycles. The predicted molar refractivity (Wildman–Crippen MR) is 78.4 cm³/mol. The first kappa shape index (κ1) is 15.4. The monoisotopic (exact) mass is 268 g/mol. The van der Waals surface area contributed by atoms with Crippen LogP contribution in [0.3, 0.4) is 0 Å². The number of thioether (sulfide) groups is 1. The smallest absolute Gasteiger partial charge is 0.488 e. The summed E-state index contributed by atoms with van der Waals surface area (Å²) in [6, 6.07) is 5.33. The van der Waals surface area contributed by atoms with E-state index in [1.54, 1.807) is 19.2 Å². The van der Waals surface area contributed by atoms with Gasteiger partial charge in [-0.2, -0.15) is 11.8 Å². The Hall–Kier alpha value is -0.645. The largest absolute Gasteiger partial charge is 0.497 e. The summed E-state index contributed by atoms with van der Waals surface area (Å²) in [6.45, 7) is 4.41. The van der Waals surface area contributed by atoms with Crippen LogP contribution in [-0.2, 0) is 5.75 Å². The second-order valence-electron chi connectivity index (χ2n) is 4.67. The molecular formula is C13H21BO3S. The number of hydrogen-bond donors (Lipinski definition) is 2. The van der Waals surface area contributed by atoms with Gasteiger partial charge in [0.1, 0.15) is 5.75 Å². The van der Waals surface area contributed by atoms with Crippen LogP contribution in [0.1, 0.15) is 25.8 Å². The van der Waals surface area contributed by atoms with Crippen LogP contribution >= 0.6 is 11.8 Å². The van der Waals surface area contributed by atoms with E-state index < -0.39 is 7.12 Å². The van der Waals surface area contributed by atoms with Crippen molar-refractivity contribution >= 4 is 24.3 Å². The van der Waals surface area contributed by atoms with Crippen LogP contribution < -0.4 is 10.2 Å². The SMILES string of the molecule is COc1ccc(B(O)O)c(CSCCC(C)C)c1. The van der Waals surface area contributed by atoms with Crippen molar-refractivity contribution in [2.75, 3.05) is 12.9 Å². The lowest BCUT2D eigenvalue weighted by atomic mass is 9.77. The van der Waals surface area contributed by atoms with E-state index in [1.807, 2.05) is 17.8 Å². The quantitative estimate of drug-likeness (QED) is 0.583. The highest BCUT2D eigenvalue weighted by atomic mass is 32.2. The summed E-state index contributed by atoms with van der Waals surface area (Å²) >= 11 is 1.81. The maximum Gasteiger partial charge on any atom is 0.488 e. The molecule has 100 valence electrons. The number of benzene rings is 1. The van der Waals surface area contributed by atoms with Crippen molar-refractivity contribution in [2.45, 2.75) is 26.0 Å². The molecule has 0 unspecified atom stereocenters. The third kappa shape index (κ3) is 4.92. The maximum absolute atomic E-state index is 9.32. The highest BCUT2D eigenvalue weighted by Crippen LogP contribution is 2.18. The summed E-state index contributed by atoms with van der Waals surface area (Å²) in [5.41, 5.74) is 1.49. The van der Waals surface area contributed by atoms with E-state index in [9.17, 15) is 10.0 Å². The van der Waals surface area contributed by atoms with Crippen molar-refractivity contribution < 1.29 is 14.8 Å². The molecule has 0 radical (unpaired) electrons. The fourth-order valence-corrected chi connectivity index (χ4v) is 2.84. The Morgan fingerprint density at radius 2 is 2.06 bits per heavy atom. The lowest BCUT2D eigenvalue weighted by Gasteiger charge is -2.11. The van der Waals surface area contributed by atoms with Crippen molar-refractivity contribution in [2.24, 2.45) is 5.92 Å². The highest BCUT2D eigenvalue weighted by molar-refractivity contribution is 7.98. The van der Waals surface area contributed by atoms with Crippen LogP contribution in [0, 0.1) is 5.92 Å². The summed E-state index contributed by atoms with van der Waals surface area (Å²) in [5, 5.41) is 18.6. The summed E-state index contributed by atoms with van der Waals surface area (Å²) in [7, 11) is 0.191. The summed E-state index contributed by atoms with van der Waals surface area (Å²) in [5.74, 6) is 3.30. The maximum atomic E-state index is 9.32. The molecule has 0 aliphatic rings. The van der Waals surface area contributed by atoms with Crippen LogP contribution in [-0.4, -0.2) is 30.0 Å². The molecule has 0 aliphatic carbocycles. The van der Waals surface area contributed by atoms with Crippen LogP contribution in [0.25, 0.3) is 0 Å². The van der Waals surface area contributed by atoms with Gasteiger partial charge in [-0.1, -0.05) is 19.9 Å². The van der Waals surface area contributed by atoms with E-state index in [0.29, 0.717) is 11.4 Å². The Morgan fingerprint density at radius 3 is 2.61 bits per heavy atom. The molecule has 0 aliphatic heterocycles. The van der Waals surface area contributed by atoms with Gasteiger partial charge in [0.25, 0.3) is 0 Å². The molecule has 0 saturated heterocycles. The number of methoxy groups -OCH3 is 1. The first-order valence-electron chi connectivity index (χ1n) is 6.15. The molecule has 1 aromatic carbocycles. The van der Waals surface area contributed by atoms with Gasteiger partial charge in [0.05, 0.1) is 7.11 Å². The average Bonchev–Trinajstić information content (AvgIpc) is 2.33. The minimum atomic E-state index is -1.42. The van der Waals surface area contributed by atoms with E-state index in [2.05, 4.69) is 13.8 Å². The number of rotatable bonds is 7. The van der Waals surface area contributed by atoms with Crippen LogP contribution in [0.4, 0.5) is 0 Å². The van der Waals surface area contributed by atoms with Crippen LogP contribution in [0.2, 0.25) is 0 Å². The average molecular weight is 268 g/mol. The van der Waals surface area contributed by atoms with E-state index in [1.165, 1.54) is 6.42 Å². The summed E-state index contributed by atoms with van der Waals surface area (Å²) < 4.78 is 5.16. The first-order chi connectivity index (χ1) is 8.54. The molecule has 3 nitrogen and oxygen atoms in total. The van der Waals surface area contributed by atoms with E-state index in [0.717, 1.165) is 22.8 Å². The molecule has 0 saturated carbocycles. The molecule has 0 bridgehead atoms. The fourth-order valence-electron chi connectivity index (χ4n) is 1.59. The van der Waals surface area contributed by atoms with Crippen LogP contribution in [0.15, 0.2) is 18.2 Å². The zero-order chi connectivity index (χ0) is 13.5. The minimum Gasteiger partial charge on any atom is -0.497 e. The van der Waals surface area contributed by atoms with Gasteiger partial charge >= 0.3 is 7.12 Å². The van der Waals surface area contributed by atoms with Gasteiger partial charge in [0.15, 0.2) is 0 Å². The normalized spacial score (nSPS) is 10.8. The topological polar surface area (TPSA) is 49.7 Å². The second kappa shape index (κ2) is 7.72. The van der Waals surface area contributed by atoms with Crippen molar-refractivity contribution in [3.8, 4) is 5.75 Å². The van der Waals surface area contributed by atoms with E-state index in [-0.39, 0.29) is 0 Å². The standard InChI is InChI=1S/C13H21BO3S/c1-10(2)6-7-18-9-11-8-12(17-3)4-5-13(11)14(15)16/h4-5,8,10,15-16H,6-7,9H2,1-3H3. The van der Waals surface area contributed by atoms with Crippen molar-refractivity contribution in [3.05, 3.63) is 23.8 Å². The zero-order valence-electron chi connectivity index (χ0n) is 11.2.